The van der Waals surface area contributed by atoms with Gasteiger partial charge in [0.15, 0.2) is 0 Å². The van der Waals surface area contributed by atoms with Gasteiger partial charge in [0.2, 0.25) is 0 Å². The summed E-state index contributed by atoms with van der Waals surface area (Å²) in [6, 6.07) is 16.0. The van der Waals surface area contributed by atoms with Crippen molar-refractivity contribution in [3.8, 4) is 0 Å². The summed E-state index contributed by atoms with van der Waals surface area (Å²) in [5.74, 6) is 2.42. The molecule has 1 saturated heterocycles. The average Bonchev–Trinajstić information content (AvgIpc) is 2.85. The molecular weight excluding hydrogens is 456 g/mol. The van der Waals surface area contributed by atoms with E-state index in [1.165, 1.54) is 16.7 Å². The van der Waals surface area contributed by atoms with Crippen LogP contribution in [-0.2, 0) is 19.3 Å². The quantitative estimate of drug-likeness (QED) is 0.423. The fraction of sp³-hybridized carbons (Fsp3) is 0.414. The van der Waals surface area contributed by atoms with Crippen molar-refractivity contribution in [3.05, 3.63) is 87.3 Å². The fourth-order valence-electron chi connectivity index (χ4n) is 4.59. The van der Waals surface area contributed by atoms with Gasteiger partial charge in [-0.25, -0.2) is 9.97 Å². The highest BCUT2D eigenvalue weighted by Gasteiger charge is 2.27. The number of rotatable bonds is 7. The zero-order chi connectivity index (χ0) is 24.9. The maximum absolute atomic E-state index is 13.1. The fourth-order valence-corrected chi connectivity index (χ4v) is 4.81. The number of halogens is 1. The van der Waals surface area contributed by atoms with Crippen LogP contribution in [0.15, 0.2) is 48.5 Å². The Hall–Kier alpha value is -2.92. The Morgan fingerprint density at radius 1 is 1.00 bits per heavy atom. The summed E-state index contributed by atoms with van der Waals surface area (Å²) in [7, 11) is 0. The third-order valence-corrected chi connectivity index (χ3v) is 6.84. The number of anilines is 1. The normalized spacial score (nSPS) is 14.0. The molecule has 0 radical (unpaired) electrons. The third-order valence-electron chi connectivity index (χ3n) is 6.52. The first kappa shape index (κ1) is 25.2. The molecule has 4 rings (SSSR count). The van der Waals surface area contributed by atoms with E-state index in [1.54, 1.807) is 12.1 Å². The number of nitrogens with zero attached hydrogens (tertiary/aromatic N) is 4. The molecule has 1 aliphatic rings. The molecule has 1 aromatic heterocycles. The predicted octanol–water partition coefficient (Wildman–Crippen LogP) is 5.75. The van der Waals surface area contributed by atoms with Crippen LogP contribution in [-0.4, -0.2) is 47.0 Å². The molecule has 1 amide bonds. The van der Waals surface area contributed by atoms with Crippen molar-refractivity contribution in [1.82, 2.24) is 14.9 Å². The second-order valence-corrected chi connectivity index (χ2v) is 10.2. The number of aryl methyl sites for hydroxylation is 2. The summed E-state index contributed by atoms with van der Waals surface area (Å²) in [5, 5.41) is 0.502. The van der Waals surface area contributed by atoms with Gasteiger partial charge in [-0.05, 0) is 37.0 Å². The summed E-state index contributed by atoms with van der Waals surface area (Å²) < 4.78 is 0. The molecule has 0 bridgehead atoms. The Balaban J connectivity index is 1.61. The summed E-state index contributed by atoms with van der Waals surface area (Å²) in [5.41, 5.74) is 5.42. The molecule has 1 fully saturated rings. The van der Waals surface area contributed by atoms with Gasteiger partial charge in [-0.1, -0.05) is 74.3 Å². The van der Waals surface area contributed by atoms with Crippen LogP contribution in [0.1, 0.15) is 59.3 Å². The van der Waals surface area contributed by atoms with Gasteiger partial charge in [0.1, 0.15) is 11.6 Å². The molecule has 6 heteroatoms. The van der Waals surface area contributed by atoms with Gasteiger partial charge in [-0.2, -0.15) is 0 Å². The lowest BCUT2D eigenvalue weighted by Crippen LogP contribution is -2.49. The van der Waals surface area contributed by atoms with Gasteiger partial charge >= 0.3 is 0 Å². The van der Waals surface area contributed by atoms with Gasteiger partial charge < -0.3 is 9.80 Å². The Labute approximate surface area is 214 Å². The first-order valence-corrected chi connectivity index (χ1v) is 13.0. The van der Waals surface area contributed by atoms with E-state index >= 15 is 0 Å². The lowest BCUT2D eigenvalue weighted by molar-refractivity contribution is 0.0746. The number of aromatic nitrogens is 2. The summed E-state index contributed by atoms with van der Waals surface area (Å²) in [6.45, 7) is 11.4. The molecule has 0 atom stereocenters. The van der Waals surface area contributed by atoms with Crippen LogP contribution >= 0.6 is 11.6 Å². The molecule has 5 nitrogen and oxygen atoms in total. The van der Waals surface area contributed by atoms with Crippen LogP contribution in [0.3, 0.4) is 0 Å². The largest absolute Gasteiger partial charge is 0.353 e. The number of hydrogen-bond acceptors (Lipinski definition) is 4. The van der Waals surface area contributed by atoms with Crippen molar-refractivity contribution >= 4 is 23.3 Å². The summed E-state index contributed by atoms with van der Waals surface area (Å²) >= 11 is 6.29. The maximum atomic E-state index is 13.1. The van der Waals surface area contributed by atoms with Crippen molar-refractivity contribution in [1.29, 1.82) is 0 Å². The maximum Gasteiger partial charge on any atom is 0.255 e. The highest BCUT2D eigenvalue weighted by atomic mass is 35.5. The number of piperazine rings is 1. The van der Waals surface area contributed by atoms with E-state index in [9.17, 15) is 4.79 Å². The minimum Gasteiger partial charge on any atom is -0.353 e. The lowest BCUT2D eigenvalue weighted by Gasteiger charge is -2.37. The van der Waals surface area contributed by atoms with Gasteiger partial charge in [0.25, 0.3) is 5.91 Å². The van der Waals surface area contributed by atoms with Crippen LogP contribution < -0.4 is 4.90 Å². The van der Waals surface area contributed by atoms with E-state index in [2.05, 4.69) is 56.9 Å². The Kier molecular flexibility index (Phi) is 8.07. The third kappa shape index (κ3) is 6.02. The van der Waals surface area contributed by atoms with Crippen molar-refractivity contribution < 1.29 is 4.79 Å². The van der Waals surface area contributed by atoms with Crippen molar-refractivity contribution in [2.45, 2.75) is 47.0 Å². The van der Waals surface area contributed by atoms with Crippen LogP contribution in [0, 0.1) is 12.8 Å². The molecule has 2 heterocycles. The van der Waals surface area contributed by atoms with Crippen LogP contribution in [0.25, 0.3) is 0 Å². The SMILES string of the molecule is CCc1nc(CC(C)C)nc(N2CCN(C(=O)c3ccccc3Cl)CC2)c1Cc1ccc(C)cc1. The van der Waals surface area contributed by atoms with Gasteiger partial charge in [0, 0.05) is 50.3 Å². The number of amides is 1. The molecule has 0 spiro atoms. The topological polar surface area (TPSA) is 49.3 Å². The van der Waals surface area contributed by atoms with Crippen molar-refractivity contribution in [2.75, 3.05) is 31.1 Å². The van der Waals surface area contributed by atoms with E-state index in [-0.39, 0.29) is 5.91 Å². The number of carbonyl (C=O) groups excluding carboxylic acids is 1. The summed E-state index contributed by atoms with van der Waals surface area (Å²) in [6.07, 6.45) is 2.53. The molecule has 0 unspecified atom stereocenters. The van der Waals surface area contributed by atoms with Gasteiger partial charge in [-0.3, -0.25) is 4.79 Å². The number of carbonyl (C=O) groups is 1. The van der Waals surface area contributed by atoms with E-state index in [0.717, 1.165) is 49.7 Å². The second kappa shape index (κ2) is 11.2. The smallest absolute Gasteiger partial charge is 0.255 e. The standard InChI is InChI=1S/C29H35ClN4O/c1-5-26-24(19-22-12-10-21(4)11-13-22)28(32-27(31-26)18-20(2)3)33-14-16-34(17-15-33)29(35)23-8-6-7-9-25(23)30/h6-13,20H,5,14-19H2,1-4H3. The Morgan fingerprint density at radius 3 is 2.31 bits per heavy atom. The van der Waals surface area contributed by atoms with E-state index in [0.29, 0.717) is 29.6 Å². The average molecular weight is 491 g/mol. The lowest BCUT2D eigenvalue weighted by atomic mass is 10.00. The Morgan fingerprint density at radius 2 is 1.69 bits per heavy atom. The molecule has 2 aromatic carbocycles. The van der Waals surface area contributed by atoms with E-state index in [4.69, 9.17) is 21.6 Å². The monoisotopic (exact) mass is 490 g/mol. The van der Waals surface area contributed by atoms with Gasteiger partial charge in [0.05, 0.1) is 10.6 Å². The molecule has 184 valence electrons. The van der Waals surface area contributed by atoms with Crippen LogP contribution in [0.2, 0.25) is 5.02 Å². The van der Waals surface area contributed by atoms with Crippen LogP contribution in [0.5, 0.6) is 0 Å². The van der Waals surface area contributed by atoms with E-state index < -0.39 is 0 Å². The van der Waals surface area contributed by atoms with Crippen molar-refractivity contribution in [2.24, 2.45) is 5.92 Å². The zero-order valence-electron chi connectivity index (χ0n) is 21.2. The minimum absolute atomic E-state index is 0.00689. The van der Waals surface area contributed by atoms with Crippen LogP contribution in [0.4, 0.5) is 5.82 Å². The summed E-state index contributed by atoms with van der Waals surface area (Å²) in [4.78, 5) is 27.4. The molecule has 35 heavy (non-hydrogen) atoms. The molecular formula is C29H35ClN4O. The number of benzene rings is 2. The highest BCUT2D eigenvalue weighted by molar-refractivity contribution is 6.33. The molecule has 3 aromatic rings. The van der Waals surface area contributed by atoms with E-state index in [1.807, 2.05) is 17.0 Å². The van der Waals surface area contributed by atoms with Crippen molar-refractivity contribution in [3.63, 3.8) is 0 Å². The first-order valence-electron chi connectivity index (χ1n) is 12.6. The zero-order valence-corrected chi connectivity index (χ0v) is 22.0. The van der Waals surface area contributed by atoms with Gasteiger partial charge in [-0.15, -0.1) is 0 Å². The minimum atomic E-state index is -0.00689. The highest BCUT2D eigenvalue weighted by Crippen LogP contribution is 2.27. The second-order valence-electron chi connectivity index (χ2n) is 9.76. The number of hydrogen-bond donors (Lipinski definition) is 0. The first-order chi connectivity index (χ1) is 16.9. The predicted molar refractivity (Wildman–Crippen MR) is 144 cm³/mol. The molecule has 0 saturated carbocycles. The molecule has 0 aliphatic carbocycles. The molecule has 0 N–H and O–H groups in total. The Bertz CT molecular complexity index is 1170. The molecule has 1 aliphatic heterocycles.